The van der Waals surface area contributed by atoms with Gasteiger partial charge in [-0.25, -0.2) is 0 Å². The molecule has 21 heavy (non-hydrogen) atoms. The Morgan fingerprint density at radius 1 is 1.19 bits per heavy atom. The van der Waals surface area contributed by atoms with Crippen molar-refractivity contribution in [3.63, 3.8) is 0 Å². The molecule has 6 heteroatoms. The van der Waals surface area contributed by atoms with E-state index in [1.54, 1.807) is 18.2 Å². The summed E-state index contributed by atoms with van der Waals surface area (Å²) < 4.78 is 0. The molecule has 2 rings (SSSR count). The van der Waals surface area contributed by atoms with Gasteiger partial charge in [0.25, 0.3) is 0 Å². The van der Waals surface area contributed by atoms with E-state index in [-0.39, 0.29) is 5.91 Å². The monoisotopic (exact) mass is 329 g/mol. The summed E-state index contributed by atoms with van der Waals surface area (Å²) in [5, 5.41) is 3.66. The minimum absolute atomic E-state index is 0.0527. The van der Waals surface area contributed by atoms with Crippen LogP contribution in [0.2, 0.25) is 10.0 Å². The topological polar surface area (TPSA) is 35.6 Å². The Hall–Kier alpha value is -0.810. The number of nitrogens with one attached hydrogen (secondary N) is 1. The van der Waals surface area contributed by atoms with Crippen molar-refractivity contribution in [1.29, 1.82) is 0 Å². The van der Waals surface area contributed by atoms with Gasteiger partial charge in [0.2, 0.25) is 5.91 Å². The first-order chi connectivity index (χ1) is 10.1. The van der Waals surface area contributed by atoms with Crippen LogP contribution in [-0.2, 0) is 4.79 Å². The third-order valence-corrected chi connectivity index (χ3v) is 4.42. The van der Waals surface area contributed by atoms with Crippen LogP contribution in [0.1, 0.15) is 13.3 Å². The Bertz CT molecular complexity index is 488. The molecule has 1 amide bonds. The number of nitrogens with zero attached hydrogens (tertiary/aromatic N) is 2. The second-order valence-corrected chi connectivity index (χ2v) is 6.05. The van der Waals surface area contributed by atoms with E-state index in [1.807, 2.05) is 0 Å². The number of halogens is 2. The molecule has 0 spiro atoms. The molecule has 1 heterocycles. The Morgan fingerprint density at radius 3 is 2.52 bits per heavy atom. The number of carbonyl (C=O) groups excluding carboxylic acids is 1. The fourth-order valence-corrected chi connectivity index (χ4v) is 2.83. The Kier molecular flexibility index (Phi) is 6.30. The van der Waals surface area contributed by atoms with E-state index >= 15 is 0 Å². The maximum absolute atomic E-state index is 12.1. The number of rotatable bonds is 5. The number of anilines is 1. The summed E-state index contributed by atoms with van der Waals surface area (Å²) in [5.41, 5.74) is 0.568. The van der Waals surface area contributed by atoms with Gasteiger partial charge in [0.15, 0.2) is 0 Å². The highest BCUT2D eigenvalue weighted by atomic mass is 35.5. The van der Waals surface area contributed by atoms with Crippen molar-refractivity contribution in [2.75, 3.05) is 44.6 Å². The predicted octanol–water partition coefficient (Wildman–Crippen LogP) is 2.96. The lowest BCUT2D eigenvalue weighted by molar-refractivity contribution is -0.117. The molecule has 1 aromatic rings. The number of carbonyl (C=O) groups is 1. The highest BCUT2D eigenvalue weighted by molar-refractivity contribution is 6.43. The van der Waals surface area contributed by atoms with Crippen LogP contribution in [0, 0.1) is 0 Å². The quantitative estimate of drug-likeness (QED) is 0.902. The molecule has 1 fully saturated rings. The van der Waals surface area contributed by atoms with Crippen molar-refractivity contribution in [3.8, 4) is 0 Å². The summed E-state index contributed by atoms with van der Waals surface area (Å²) >= 11 is 12.0. The third-order valence-electron chi connectivity index (χ3n) is 3.60. The largest absolute Gasteiger partial charge is 0.324 e. The SMILES string of the molecule is CCCN1CCN(CC(=O)Nc2cccc(Cl)c2Cl)CC1. The fourth-order valence-electron chi connectivity index (χ4n) is 2.48. The molecule has 0 saturated carbocycles. The molecule has 4 nitrogen and oxygen atoms in total. The molecular weight excluding hydrogens is 309 g/mol. The van der Waals surface area contributed by atoms with Gasteiger partial charge >= 0.3 is 0 Å². The van der Waals surface area contributed by atoms with Crippen LogP contribution >= 0.6 is 23.2 Å². The molecule has 0 bridgehead atoms. The van der Waals surface area contributed by atoms with Crippen molar-refractivity contribution in [3.05, 3.63) is 28.2 Å². The van der Waals surface area contributed by atoms with Gasteiger partial charge in [-0.3, -0.25) is 9.69 Å². The number of piperazine rings is 1. The molecule has 116 valence electrons. The van der Waals surface area contributed by atoms with Crippen LogP contribution in [0.5, 0.6) is 0 Å². The van der Waals surface area contributed by atoms with Gasteiger partial charge in [-0.1, -0.05) is 36.2 Å². The zero-order chi connectivity index (χ0) is 15.2. The fraction of sp³-hybridized carbons (Fsp3) is 0.533. The molecule has 0 aromatic heterocycles. The Balaban J connectivity index is 1.81. The molecule has 1 aliphatic rings. The zero-order valence-corrected chi connectivity index (χ0v) is 13.8. The highest BCUT2D eigenvalue weighted by Crippen LogP contribution is 2.29. The number of benzene rings is 1. The maximum Gasteiger partial charge on any atom is 0.238 e. The van der Waals surface area contributed by atoms with E-state index in [9.17, 15) is 4.79 Å². The summed E-state index contributed by atoms with van der Waals surface area (Å²) in [4.78, 5) is 16.7. The van der Waals surface area contributed by atoms with E-state index in [4.69, 9.17) is 23.2 Å². The van der Waals surface area contributed by atoms with Crippen molar-refractivity contribution >= 4 is 34.8 Å². The molecule has 1 N–H and O–H groups in total. The lowest BCUT2D eigenvalue weighted by Crippen LogP contribution is -2.48. The van der Waals surface area contributed by atoms with Gasteiger partial charge in [-0.15, -0.1) is 0 Å². The molecule has 0 atom stereocenters. The Morgan fingerprint density at radius 2 is 1.86 bits per heavy atom. The maximum atomic E-state index is 12.1. The van der Waals surface area contributed by atoms with Gasteiger partial charge < -0.3 is 10.2 Å². The summed E-state index contributed by atoms with van der Waals surface area (Å²) in [6.07, 6.45) is 1.17. The Labute approximate surface area is 136 Å². The molecule has 1 saturated heterocycles. The van der Waals surface area contributed by atoms with Gasteiger partial charge in [0, 0.05) is 26.2 Å². The molecule has 1 aliphatic heterocycles. The van der Waals surface area contributed by atoms with Crippen molar-refractivity contribution in [2.24, 2.45) is 0 Å². The van der Waals surface area contributed by atoms with Crippen LogP contribution < -0.4 is 5.32 Å². The van der Waals surface area contributed by atoms with Crippen molar-refractivity contribution in [1.82, 2.24) is 9.80 Å². The minimum Gasteiger partial charge on any atom is -0.324 e. The highest BCUT2D eigenvalue weighted by Gasteiger charge is 2.18. The molecule has 1 aromatic carbocycles. The van der Waals surface area contributed by atoms with E-state index in [1.165, 1.54) is 6.42 Å². The first-order valence-electron chi connectivity index (χ1n) is 7.28. The summed E-state index contributed by atoms with van der Waals surface area (Å²) in [6, 6.07) is 5.23. The van der Waals surface area contributed by atoms with Crippen LogP contribution in [0.25, 0.3) is 0 Å². The summed E-state index contributed by atoms with van der Waals surface area (Å²) in [7, 11) is 0. The molecular formula is C15H21Cl2N3O. The third kappa shape index (κ3) is 4.85. The number of hydrogen-bond acceptors (Lipinski definition) is 3. The lowest BCUT2D eigenvalue weighted by Gasteiger charge is -2.34. The number of hydrogen-bond donors (Lipinski definition) is 1. The van der Waals surface area contributed by atoms with Crippen molar-refractivity contribution < 1.29 is 4.79 Å². The second-order valence-electron chi connectivity index (χ2n) is 5.27. The lowest BCUT2D eigenvalue weighted by atomic mass is 10.3. The van der Waals surface area contributed by atoms with Crippen LogP contribution in [0.15, 0.2) is 18.2 Å². The summed E-state index contributed by atoms with van der Waals surface area (Å²) in [5.74, 6) is -0.0527. The average molecular weight is 330 g/mol. The minimum atomic E-state index is -0.0527. The summed E-state index contributed by atoms with van der Waals surface area (Å²) in [6.45, 7) is 7.63. The molecule has 0 aliphatic carbocycles. The van der Waals surface area contributed by atoms with Gasteiger partial charge in [0.1, 0.15) is 0 Å². The van der Waals surface area contributed by atoms with E-state index in [2.05, 4.69) is 22.0 Å². The number of amides is 1. The van der Waals surface area contributed by atoms with Gasteiger partial charge in [0.05, 0.1) is 22.3 Å². The van der Waals surface area contributed by atoms with E-state index < -0.39 is 0 Å². The normalized spacial score (nSPS) is 16.9. The van der Waals surface area contributed by atoms with Crippen LogP contribution in [0.3, 0.4) is 0 Å². The smallest absolute Gasteiger partial charge is 0.238 e. The van der Waals surface area contributed by atoms with E-state index in [0.717, 1.165) is 32.7 Å². The average Bonchev–Trinajstić information content (AvgIpc) is 2.46. The molecule has 0 unspecified atom stereocenters. The first-order valence-corrected chi connectivity index (χ1v) is 8.04. The van der Waals surface area contributed by atoms with Crippen LogP contribution in [-0.4, -0.2) is 55.0 Å². The first kappa shape index (κ1) is 16.6. The second kappa shape index (κ2) is 7.99. The van der Waals surface area contributed by atoms with E-state index in [0.29, 0.717) is 22.3 Å². The zero-order valence-electron chi connectivity index (χ0n) is 12.2. The van der Waals surface area contributed by atoms with Gasteiger partial charge in [-0.2, -0.15) is 0 Å². The van der Waals surface area contributed by atoms with Gasteiger partial charge in [-0.05, 0) is 25.1 Å². The van der Waals surface area contributed by atoms with Crippen LogP contribution in [0.4, 0.5) is 5.69 Å². The predicted molar refractivity (Wildman–Crippen MR) is 88.3 cm³/mol. The standard InChI is InChI=1S/C15H21Cl2N3O/c1-2-6-19-7-9-20(10-8-19)11-14(21)18-13-5-3-4-12(16)15(13)17/h3-5H,2,6-11H2,1H3,(H,18,21). The molecule has 0 radical (unpaired) electrons. The van der Waals surface area contributed by atoms with Crippen molar-refractivity contribution in [2.45, 2.75) is 13.3 Å².